The van der Waals surface area contributed by atoms with E-state index in [-0.39, 0.29) is 0 Å². The Morgan fingerprint density at radius 2 is 1.83 bits per heavy atom. The van der Waals surface area contributed by atoms with Gasteiger partial charge in [-0.05, 0) is 37.6 Å². The molecule has 3 fully saturated rings. The first-order valence-corrected chi connectivity index (χ1v) is 7.85. The standard InChI is InChI=1S/C15H29N3/c1-15(2)6-3-7-16-14(15)12-17-8-10-18(11-9-17)13-4-5-13/h13-14,16H,3-12H2,1-2H3. The van der Waals surface area contributed by atoms with Crippen LogP contribution in [-0.4, -0.2) is 61.2 Å². The Hall–Kier alpha value is -0.120. The summed E-state index contributed by atoms with van der Waals surface area (Å²) in [5.41, 5.74) is 0.478. The zero-order valence-corrected chi connectivity index (χ0v) is 12.1. The molecule has 0 amide bonds. The topological polar surface area (TPSA) is 18.5 Å². The zero-order valence-electron chi connectivity index (χ0n) is 12.1. The Morgan fingerprint density at radius 3 is 2.44 bits per heavy atom. The van der Waals surface area contributed by atoms with Crippen LogP contribution in [0.4, 0.5) is 0 Å². The van der Waals surface area contributed by atoms with Crippen LogP contribution < -0.4 is 5.32 Å². The molecule has 0 bridgehead atoms. The largest absolute Gasteiger partial charge is 0.312 e. The lowest BCUT2D eigenvalue weighted by atomic mass is 9.77. The quantitative estimate of drug-likeness (QED) is 0.821. The molecule has 0 aromatic carbocycles. The van der Waals surface area contributed by atoms with Crippen LogP contribution in [0.25, 0.3) is 0 Å². The molecule has 2 aliphatic heterocycles. The molecule has 0 aromatic rings. The van der Waals surface area contributed by atoms with Crippen LogP contribution in [0.1, 0.15) is 39.5 Å². The van der Waals surface area contributed by atoms with Gasteiger partial charge in [0.05, 0.1) is 0 Å². The second kappa shape index (κ2) is 5.10. The van der Waals surface area contributed by atoms with E-state index in [1.165, 1.54) is 65.0 Å². The van der Waals surface area contributed by atoms with E-state index in [2.05, 4.69) is 29.0 Å². The van der Waals surface area contributed by atoms with Crippen LogP contribution in [0.2, 0.25) is 0 Å². The van der Waals surface area contributed by atoms with E-state index in [4.69, 9.17) is 0 Å². The summed E-state index contributed by atoms with van der Waals surface area (Å²) < 4.78 is 0. The van der Waals surface area contributed by atoms with Crippen molar-refractivity contribution in [1.82, 2.24) is 15.1 Å². The molecule has 1 atom stereocenters. The summed E-state index contributed by atoms with van der Waals surface area (Å²) in [4.78, 5) is 5.39. The average Bonchev–Trinajstić information content (AvgIpc) is 3.17. The highest BCUT2D eigenvalue weighted by atomic mass is 15.3. The highest BCUT2D eigenvalue weighted by Gasteiger charge is 2.35. The van der Waals surface area contributed by atoms with Crippen molar-refractivity contribution in [2.24, 2.45) is 5.41 Å². The van der Waals surface area contributed by atoms with E-state index in [9.17, 15) is 0 Å². The highest BCUT2D eigenvalue weighted by Crippen LogP contribution is 2.31. The molecule has 104 valence electrons. The van der Waals surface area contributed by atoms with Crippen molar-refractivity contribution in [3.8, 4) is 0 Å². The van der Waals surface area contributed by atoms with Gasteiger partial charge >= 0.3 is 0 Å². The maximum atomic E-state index is 3.75. The van der Waals surface area contributed by atoms with Crippen molar-refractivity contribution in [2.45, 2.75) is 51.6 Å². The van der Waals surface area contributed by atoms with Gasteiger partial charge in [0.1, 0.15) is 0 Å². The molecule has 2 heterocycles. The van der Waals surface area contributed by atoms with Crippen molar-refractivity contribution in [3.63, 3.8) is 0 Å². The van der Waals surface area contributed by atoms with Gasteiger partial charge in [-0.15, -0.1) is 0 Å². The average molecular weight is 251 g/mol. The van der Waals surface area contributed by atoms with Gasteiger partial charge in [0.2, 0.25) is 0 Å². The van der Waals surface area contributed by atoms with Gasteiger partial charge in [-0.3, -0.25) is 9.80 Å². The van der Waals surface area contributed by atoms with Crippen molar-refractivity contribution >= 4 is 0 Å². The van der Waals surface area contributed by atoms with E-state index in [1.54, 1.807) is 0 Å². The van der Waals surface area contributed by atoms with Crippen molar-refractivity contribution in [2.75, 3.05) is 39.3 Å². The minimum atomic E-state index is 0.478. The number of rotatable bonds is 3. The molecule has 3 nitrogen and oxygen atoms in total. The molecular formula is C15H29N3. The summed E-state index contributed by atoms with van der Waals surface area (Å²) >= 11 is 0. The molecule has 18 heavy (non-hydrogen) atoms. The monoisotopic (exact) mass is 251 g/mol. The third kappa shape index (κ3) is 2.89. The maximum absolute atomic E-state index is 3.75. The first kappa shape index (κ1) is 12.9. The fourth-order valence-electron chi connectivity index (χ4n) is 3.59. The third-order valence-electron chi connectivity index (χ3n) is 5.24. The van der Waals surface area contributed by atoms with Crippen molar-refractivity contribution in [3.05, 3.63) is 0 Å². The lowest BCUT2D eigenvalue weighted by Gasteiger charge is -2.44. The van der Waals surface area contributed by atoms with Crippen LogP contribution in [0.5, 0.6) is 0 Å². The van der Waals surface area contributed by atoms with Crippen molar-refractivity contribution in [1.29, 1.82) is 0 Å². The number of nitrogens with zero attached hydrogens (tertiary/aromatic N) is 2. The van der Waals surface area contributed by atoms with Gasteiger partial charge < -0.3 is 5.32 Å². The molecule has 1 aliphatic carbocycles. The number of nitrogens with one attached hydrogen (secondary N) is 1. The van der Waals surface area contributed by atoms with Crippen LogP contribution >= 0.6 is 0 Å². The van der Waals surface area contributed by atoms with Crippen LogP contribution in [0, 0.1) is 5.41 Å². The summed E-state index contributed by atoms with van der Waals surface area (Å²) in [7, 11) is 0. The van der Waals surface area contributed by atoms with Gasteiger partial charge in [-0.1, -0.05) is 13.8 Å². The molecule has 3 aliphatic rings. The summed E-state index contributed by atoms with van der Waals surface area (Å²) in [6, 6.07) is 1.65. The fourth-order valence-corrected chi connectivity index (χ4v) is 3.59. The molecule has 1 N–H and O–H groups in total. The van der Waals surface area contributed by atoms with Gasteiger partial charge in [-0.2, -0.15) is 0 Å². The number of piperidine rings is 1. The van der Waals surface area contributed by atoms with Gasteiger partial charge in [0, 0.05) is 44.8 Å². The Bertz CT molecular complexity index is 277. The smallest absolute Gasteiger partial charge is 0.0246 e. The molecule has 0 radical (unpaired) electrons. The summed E-state index contributed by atoms with van der Waals surface area (Å²) in [6.45, 7) is 12.5. The first-order chi connectivity index (χ1) is 8.65. The lowest BCUT2D eigenvalue weighted by Crippen LogP contribution is -2.56. The Morgan fingerprint density at radius 1 is 1.11 bits per heavy atom. The highest BCUT2D eigenvalue weighted by molar-refractivity contribution is 4.92. The third-order valence-corrected chi connectivity index (χ3v) is 5.24. The second-order valence-electron chi connectivity index (χ2n) is 7.17. The zero-order chi connectivity index (χ0) is 12.6. The Kier molecular flexibility index (Phi) is 3.65. The minimum Gasteiger partial charge on any atom is -0.312 e. The van der Waals surface area contributed by atoms with E-state index in [0.717, 1.165) is 6.04 Å². The molecule has 0 aromatic heterocycles. The number of hydrogen-bond donors (Lipinski definition) is 1. The molecule has 0 spiro atoms. The SMILES string of the molecule is CC1(C)CCCNC1CN1CCN(C2CC2)CC1. The van der Waals surface area contributed by atoms with Gasteiger partial charge in [0.25, 0.3) is 0 Å². The van der Waals surface area contributed by atoms with E-state index in [0.29, 0.717) is 11.5 Å². The molecule has 1 saturated carbocycles. The van der Waals surface area contributed by atoms with E-state index in [1.807, 2.05) is 0 Å². The minimum absolute atomic E-state index is 0.478. The van der Waals surface area contributed by atoms with Crippen LogP contribution in [0.3, 0.4) is 0 Å². The maximum Gasteiger partial charge on any atom is 0.0246 e. The predicted octanol–water partition coefficient (Wildman–Crippen LogP) is 1.54. The van der Waals surface area contributed by atoms with Crippen molar-refractivity contribution < 1.29 is 0 Å². The predicted molar refractivity (Wildman–Crippen MR) is 75.8 cm³/mol. The van der Waals surface area contributed by atoms with E-state index >= 15 is 0 Å². The van der Waals surface area contributed by atoms with Crippen LogP contribution in [-0.2, 0) is 0 Å². The Labute approximate surface area is 112 Å². The second-order valence-corrected chi connectivity index (χ2v) is 7.17. The van der Waals surface area contributed by atoms with Crippen LogP contribution in [0.15, 0.2) is 0 Å². The molecule has 3 heteroatoms. The normalized spacial score (nSPS) is 34.7. The molecule has 1 unspecified atom stereocenters. The van der Waals surface area contributed by atoms with Gasteiger partial charge in [0.15, 0.2) is 0 Å². The Balaban J connectivity index is 1.47. The molecule has 3 rings (SSSR count). The number of piperazine rings is 1. The summed E-state index contributed by atoms with van der Waals surface area (Å²) in [5.74, 6) is 0. The molecule has 2 saturated heterocycles. The molecular weight excluding hydrogens is 222 g/mol. The van der Waals surface area contributed by atoms with Gasteiger partial charge in [-0.25, -0.2) is 0 Å². The lowest BCUT2D eigenvalue weighted by molar-refractivity contribution is 0.0812. The fraction of sp³-hybridized carbons (Fsp3) is 1.00. The first-order valence-electron chi connectivity index (χ1n) is 7.85. The summed E-state index contributed by atoms with van der Waals surface area (Å²) in [6.07, 6.45) is 5.64. The van der Waals surface area contributed by atoms with E-state index < -0.39 is 0 Å². The summed E-state index contributed by atoms with van der Waals surface area (Å²) in [5, 5.41) is 3.75. The number of hydrogen-bond acceptors (Lipinski definition) is 3.